The maximum absolute atomic E-state index is 13.6. The smallest absolute Gasteiger partial charge is 0.258 e. The number of anilines is 1. The molecule has 2 amide bonds. The molecule has 136 valence electrons. The normalized spacial score (nSPS) is 17.0. The second kappa shape index (κ2) is 7.07. The number of amides is 2. The number of carbonyl (C=O) groups is 2. The van der Waals surface area contributed by atoms with Crippen molar-refractivity contribution in [3.05, 3.63) is 53.1 Å². The number of piperazine rings is 1. The zero-order valence-corrected chi connectivity index (χ0v) is 14.9. The van der Waals surface area contributed by atoms with E-state index in [0.717, 1.165) is 0 Å². The van der Waals surface area contributed by atoms with Crippen molar-refractivity contribution in [2.45, 2.75) is 13.0 Å². The van der Waals surface area contributed by atoms with Crippen LogP contribution in [-0.4, -0.2) is 53.9 Å². The predicted octanol–water partition coefficient (Wildman–Crippen LogP) is 1.30. The van der Waals surface area contributed by atoms with Gasteiger partial charge in [-0.05, 0) is 24.6 Å². The summed E-state index contributed by atoms with van der Waals surface area (Å²) < 4.78 is 13.6. The molecule has 1 fully saturated rings. The molecule has 1 aromatic carbocycles. The Morgan fingerprint density at radius 3 is 2.81 bits per heavy atom. The van der Waals surface area contributed by atoms with E-state index in [-0.39, 0.29) is 11.8 Å². The Bertz CT molecular complexity index is 855. The lowest BCUT2D eigenvalue weighted by Crippen LogP contribution is -2.52. The minimum atomic E-state index is -0.889. The summed E-state index contributed by atoms with van der Waals surface area (Å²) in [5, 5.41) is 2.73. The Labute approximate surface area is 150 Å². The molecule has 1 atom stereocenters. The van der Waals surface area contributed by atoms with E-state index in [4.69, 9.17) is 0 Å². The molecule has 0 radical (unpaired) electrons. The zero-order valence-electron chi connectivity index (χ0n) is 14.9. The van der Waals surface area contributed by atoms with Gasteiger partial charge < -0.3 is 15.1 Å². The first kappa shape index (κ1) is 17.8. The van der Waals surface area contributed by atoms with Crippen molar-refractivity contribution in [3.8, 4) is 0 Å². The van der Waals surface area contributed by atoms with E-state index in [9.17, 15) is 14.0 Å². The fraction of sp³-hybridized carbons (Fsp3) is 0.333. The molecule has 8 heteroatoms. The number of nitrogens with zero attached hydrogens (tertiary/aromatic N) is 4. The van der Waals surface area contributed by atoms with Gasteiger partial charge in [-0.3, -0.25) is 9.59 Å². The van der Waals surface area contributed by atoms with Crippen molar-refractivity contribution in [2.24, 2.45) is 0 Å². The number of rotatable bonds is 3. The Morgan fingerprint density at radius 2 is 2.15 bits per heavy atom. The summed E-state index contributed by atoms with van der Waals surface area (Å²) in [5.41, 5.74) is 1.28. The first-order valence-electron chi connectivity index (χ1n) is 8.23. The Morgan fingerprint density at radius 1 is 1.38 bits per heavy atom. The minimum absolute atomic E-state index is 0.320. The van der Waals surface area contributed by atoms with Crippen LogP contribution in [0.25, 0.3) is 0 Å². The number of halogens is 1. The van der Waals surface area contributed by atoms with Crippen LogP contribution in [0.4, 0.5) is 10.3 Å². The number of carbonyl (C=O) groups excluding carboxylic acids is 2. The second-order valence-electron chi connectivity index (χ2n) is 6.31. The lowest BCUT2D eigenvalue weighted by molar-refractivity contribution is -0.128. The topological polar surface area (TPSA) is 78.4 Å². The number of aryl methyl sites for hydroxylation is 1. The molecular weight excluding hydrogens is 337 g/mol. The summed E-state index contributed by atoms with van der Waals surface area (Å²) in [5.74, 6) is -0.643. The van der Waals surface area contributed by atoms with Gasteiger partial charge in [0.05, 0.1) is 11.3 Å². The highest BCUT2D eigenvalue weighted by atomic mass is 19.1. The fourth-order valence-corrected chi connectivity index (χ4v) is 2.93. The highest BCUT2D eigenvalue weighted by Gasteiger charge is 2.35. The van der Waals surface area contributed by atoms with E-state index < -0.39 is 11.9 Å². The van der Waals surface area contributed by atoms with E-state index >= 15 is 0 Å². The van der Waals surface area contributed by atoms with Crippen LogP contribution in [-0.2, 0) is 4.79 Å². The van der Waals surface area contributed by atoms with Crippen LogP contribution in [0.2, 0.25) is 0 Å². The summed E-state index contributed by atoms with van der Waals surface area (Å²) in [6, 6.07) is 4.84. The van der Waals surface area contributed by atoms with Gasteiger partial charge >= 0.3 is 0 Å². The van der Waals surface area contributed by atoms with Gasteiger partial charge in [0.25, 0.3) is 5.91 Å². The van der Waals surface area contributed by atoms with Crippen molar-refractivity contribution < 1.29 is 14.0 Å². The number of aromatic nitrogens is 2. The van der Waals surface area contributed by atoms with Crippen LogP contribution >= 0.6 is 0 Å². The standard InChI is InChI=1S/C18H20FN5O2/c1-11-14(10-21-18(22-11)23(2)3)17(26)24-8-7-20-16(25)15(24)12-5-4-6-13(19)9-12/h4-6,9-10,15H,7-8H2,1-3H3,(H,20,25)/t15-/m0/s1. The molecule has 0 saturated carbocycles. The molecule has 1 saturated heterocycles. The average molecular weight is 357 g/mol. The van der Waals surface area contributed by atoms with Crippen molar-refractivity contribution in [1.29, 1.82) is 0 Å². The minimum Gasteiger partial charge on any atom is -0.352 e. The maximum atomic E-state index is 13.6. The SMILES string of the molecule is Cc1nc(N(C)C)ncc1C(=O)N1CCNC(=O)[C@@H]1c1cccc(F)c1. The van der Waals surface area contributed by atoms with Crippen LogP contribution in [0.1, 0.15) is 27.7 Å². The van der Waals surface area contributed by atoms with Crippen LogP contribution < -0.4 is 10.2 Å². The van der Waals surface area contributed by atoms with Crippen molar-refractivity contribution >= 4 is 17.8 Å². The Balaban J connectivity index is 1.97. The summed E-state index contributed by atoms with van der Waals surface area (Å²) in [6.45, 7) is 2.38. The van der Waals surface area contributed by atoms with E-state index in [2.05, 4.69) is 15.3 Å². The largest absolute Gasteiger partial charge is 0.352 e. The lowest BCUT2D eigenvalue weighted by atomic mass is 10.0. The van der Waals surface area contributed by atoms with Gasteiger partial charge in [0.1, 0.15) is 11.9 Å². The summed E-state index contributed by atoms with van der Waals surface area (Å²) >= 11 is 0. The van der Waals surface area contributed by atoms with Gasteiger partial charge in [-0.15, -0.1) is 0 Å². The van der Waals surface area contributed by atoms with Crippen molar-refractivity contribution in [2.75, 3.05) is 32.1 Å². The van der Waals surface area contributed by atoms with E-state index in [0.29, 0.717) is 35.9 Å². The van der Waals surface area contributed by atoms with Gasteiger partial charge in [0.2, 0.25) is 11.9 Å². The zero-order chi connectivity index (χ0) is 18.8. The highest BCUT2D eigenvalue weighted by molar-refractivity contribution is 5.99. The number of hydrogen-bond acceptors (Lipinski definition) is 5. The Kier molecular flexibility index (Phi) is 4.83. The second-order valence-corrected chi connectivity index (χ2v) is 6.31. The molecule has 0 unspecified atom stereocenters. The average Bonchev–Trinajstić information content (AvgIpc) is 2.60. The number of hydrogen-bond donors (Lipinski definition) is 1. The summed E-state index contributed by atoms with van der Waals surface area (Å²) in [4.78, 5) is 37.2. The fourth-order valence-electron chi connectivity index (χ4n) is 2.93. The number of nitrogens with one attached hydrogen (secondary N) is 1. The number of benzene rings is 1. The lowest BCUT2D eigenvalue weighted by Gasteiger charge is -2.35. The molecule has 1 N–H and O–H groups in total. The summed E-state index contributed by atoms with van der Waals surface area (Å²) in [7, 11) is 3.62. The van der Waals surface area contributed by atoms with Crippen molar-refractivity contribution in [3.63, 3.8) is 0 Å². The van der Waals surface area contributed by atoms with Crippen LogP contribution in [0.5, 0.6) is 0 Å². The van der Waals surface area contributed by atoms with Crippen LogP contribution in [0.15, 0.2) is 30.5 Å². The molecule has 2 aromatic rings. The van der Waals surface area contributed by atoms with Crippen molar-refractivity contribution in [1.82, 2.24) is 20.2 Å². The van der Waals surface area contributed by atoms with Crippen LogP contribution in [0, 0.1) is 12.7 Å². The van der Waals surface area contributed by atoms with Gasteiger partial charge in [-0.2, -0.15) is 0 Å². The van der Waals surface area contributed by atoms with Gasteiger partial charge in [-0.1, -0.05) is 12.1 Å². The third kappa shape index (κ3) is 3.35. The molecule has 0 aliphatic carbocycles. The van der Waals surface area contributed by atoms with Gasteiger partial charge in [0.15, 0.2) is 0 Å². The summed E-state index contributed by atoms with van der Waals surface area (Å²) in [6.07, 6.45) is 1.47. The molecule has 1 aliphatic rings. The highest BCUT2D eigenvalue weighted by Crippen LogP contribution is 2.26. The maximum Gasteiger partial charge on any atom is 0.258 e. The first-order valence-corrected chi connectivity index (χ1v) is 8.23. The molecule has 0 spiro atoms. The van der Waals surface area contributed by atoms with E-state index in [1.165, 1.54) is 29.3 Å². The first-order chi connectivity index (χ1) is 12.4. The molecule has 2 heterocycles. The van der Waals surface area contributed by atoms with Gasteiger partial charge in [0, 0.05) is 33.4 Å². The van der Waals surface area contributed by atoms with Gasteiger partial charge in [-0.25, -0.2) is 14.4 Å². The molecule has 26 heavy (non-hydrogen) atoms. The molecule has 7 nitrogen and oxygen atoms in total. The Hall–Kier alpha value is -3.03. The van der Waals surface area contributed by atoms with Crippen LogP contribution in [0.3, 0.4) is 0 Å². The van der Waals surface area contributed by atoms with E-state index in [1.807, 2.05) is 14.1 Å². The quantitative estimate of drug-likeness (QED) is 0.896. The molecular formula is C18H20FN5O2. The molecule has 1 aliphatic heterocycles. The third-order valence-corrected chi connectivity index (χ3v) is 4.23. The molecule has 0 bridgehead atoms. The third-order valence-electron chi connectivity index (χ3n) is 4.23. The molecule has 1 aromatic heterocycles. The predicted molar refractivity (Wildman–Crippen MR) is 94.3 cm³/mol. The molecule has 3 rings (SSSR count). The monoisotopic (exact) mass is 357 g/mol. The van der Waals surface area contributed by atoms with E-state index in [1.54, 1.807) is 17.9 Å².